The molecule has 0 radical (unpaired) electrons. The molecule has 12 rings (SSSR count). The van der Waals surface area contributed by atoms with Crippen LogP contribution in [0, 0.1) is 11.3 Å². The molecule has 9 aromatic carbocycles. The summed E-state index contributed by atoms with van der Waals surface area (Å²) in [5.41, 5.74) is 15.9. The summed E-state index contributed by atoms with van der Waals surface area (Å²) in [5, 5.41) is 11.6. The van der Waals surface area contributed by atoms with Gasteiger partial charge in [0.25, 0.3) is 0 Å². The third-order valence-electron chi connectivity index (χ3n) is 12.3. The number of rotatable bonds is 4. The number of fused-ring (bicyclic) bond motifs is 11. The van der Waals surface area contributed by atoms with Crippen molar-refractivity contribution in [3.8, 4) is 68.0 Å². The normalized spacial score (nSPS) is 14.6. The van der Waals surface area contributed by atoms with Crippen molar-refractivity contribution in [2.24, 2.45) is 0 Å². The molecule has 10 aromatic rings. The highest BCUT2D eigenvalue weighted by Gasteiger charge is 2.51. The van der Waals surface area contributed by atoms with E-state index in [9.17, 15) is 5.26 Å². The van der Waals surface area contributed by atoms with E-state index in [0.717, 1.165) is 83.8 Å². The van der Waals surface area contributed by atoms with Crippen molar-refractivity contribution in [2.75, 3.05) is 0 Å². The predicted octanol–water partition coefficient (Wildman–Crippen LogP) is 13.5. The van der Waals surface area contributed by atoms with Gasteiger partial charge in [0.1, 0.15) is 17.3 Å². The van der Waals surface area contributed by atoms with Gasteiger partial charge >= 0.3 is 0 Å². The third kappa shape index (κ3) is 4.92. The number of aromatic nitrogens is 2. The van der Waals surface area contributed by atoms with Crippen molar-refractivity contribution >= 4 is 21.8 Å². The lowest BCUT2D eigenvalue weighted by atomic mass is 9.65. The molecule has 1 atom stereocenters. The summed E-state index contributed by atoms with van der Waals surface area (Å²) in [5.74, 6) is 2.63. The summed E-state index contributed by atoms with van der Waals surface area (Å²) in [4.78, 5) is 5.12. The van der Waals surface area contributed by atoms with E-state index in [1.54, 1.807) is 0 Å². The van der Waals surface area contributed by atoms with Crippen LogP contribution in [0.5, 0.6) is 11.5 Å². The summed E-state index contributed by atoms with van der Waals surface area (Å²) in [6.07, 6.45) is 0. The van der Waals surface area contributed by atoms with E-state index in [1.807, 2.05) is 30.3 Å². The van der Waals surface area contributed by atoms with Crippen molar-refractivity contribution < 1.29 is 4.74 Å². The smallest absolute Gasteiger partial charge is 0.145 e. The van der Waals surface area contributed by atoms with Crippen LogP contribution >= 0.6 is 0 Å². The molecule has 2 heterocycles. The third-order valence-corrected chi connectivity index (χ3v) is 12.3. The van der Waals surface area contributed by atoms with Crippen LogP contribution in [0.4, 0.5) is 0 Å². The van der Waals surface area contributed by atoms with Gasteiger partial charge in [-0.3, -0.25) is 4.57 Å². The summed E-state index contributed by atoms with van der Waals surface area (Å²) < 4.78 is 9.02. The fraction of sp³-hybridized carbons (Fsp3) is 0.0182. The molecule has 2 aliphatic rings. The molecule has 0 amide bonds. The number of benzene rings is 9. The van der Waals surface area contributed by atoms with Crippen LogP contribution in [0.3, 0.4) is 0 Å². The minimum absolute atomic E-state index is 0.624. The molecule has 1 aromatic heterocycles. The Hall–Kier alpha value is -8.00. The molecule has 1 spiro atoms. The SMILES string of the molecule is N#Cc1ccc2cc(-c3ccc4c(c3)C3(c5ccccc5O4)c4ccccc4-c4ccc(-c5ccc(-c6nc7ccccc7n6-c6ccccc6)cc5)cc43)ccc2c1. The molecule has 1 unspecified atom stereocenters. The highest BCUT2D eigenvalue weighted by atomic mass is 16.5. The van der Waals surface area contributed by atoms with Crippen LogP contribution in [-0.4, -0.2) is 9.55 Å². The zero-order valence-corrected chi connectivity index (χ0v) is 31.8. The maximum atomic E-state index is 9.49. The standard InChI is InChI=1S/C55H33N3O/c56-34-35-18-19-39-31-40(25-24-38(39)30-35)42-27-29-53-49(33-42)55(47-14-6-9-17-52(47)59-53)46-13-5-4-12-44(46)45-28-26-41(32-48(45)55)36-20-22-37(23-21-36)54-57-50-15-7-8-16-51(50)58(54)43-10-2-1-3-11-43/h1-33H. The van der Waals surface area contributed by atoms with Crippen molar-refractivity contribution in [1.29, 1.82) is 5.26 Å². The average Bonchev–Trinajstić information content (AvgIpc) is 3.83. The molecule has 0 saturated heterocycles. The maximum Gasteiger partial charge on any atom is 0.145 e. The lowest BCUT2D eigenvalue weighted by Crippen LogP contribution is -2.32. The van der Waals surface area contributed by atoms with Crippen LogP contribution in [-0.2, 0) is 5.41 Å². The molecular weight excluding hydrogens is 719 g/mol. The Morgan fingerprint density at radius 1 is 0.458 bits per heavy atom. The van der Waals surface area contributed by atoms with Gasteiger partial charge in [-0.2, -0.15) is 5.26 Å². The molecule has 0 N–H and O–H groups in total. The molecule has 0 saturated carbocycles. The van der Waals surface area contributed by atoms with Crippen LogP contribution in [0.1, 0.15) is 27.8 Å². The monoisotopic (exact) mass is 751 g/mol. The quantitative estimate of drug-likeness (QED) is 0.180. The van der Waals surface area contributed by atoms with E-state index in [1.165, 1.54) is 22.3 Å². The Kier molecular flexibility index (Phi) is 7.17. The minimum atomic E-state index is -0.624. The number of ether oxygens (including phenoxy) is 1. The van der Waals surface area contributed by atoms with Crippen molar-refractivity contribution in [3.05, 3.63) is 228 Å². The lowest BCUT2D eigenvalue weighted by Gasteiger charge is -2.39. The van der Waals surface area contributed by atoms with E-state index >= 15 is 0 Å². The molecular formula is C55H33N3O. The Bertz CT molecular complexity index is 3370. The van der Waals surface area contributed by atoms with Crippen LogP contribution in [0.25, 0.3) is 72.3 Å². The van der Waals surface area contributed by atoms with Crippen LogP contribution in [0.2, 0.25) is 0 Å². The van der Waals surface area contributed by atoms with Crippen molar-refractivity contribution in [2.45, 2.75) is 5.41 Å². The van der Waals surface area contributed by atoms with Gasteiger partial charge in [0, 0.05) is 22.4 Å². The van der Waals surface area contributed by atoms with Gasteiger partial charge < -0.3 is 4.74 Å². The Labute approximate surface area is 341 Å². The Morgan fingerprint density at radius 2 is 1.07 bits per heavy atom. The van der Waals surface area contributed by atoms with Gasteiger partial charge in [0.2, 0.25) is 0 Å². The highest BCUT2D eigenvalue weighted by Crippen LogP contribution is 2.62. The zero-order valence-electron chi connectivity index (χ0n) is 31.8. The van der Waals surface area contributed by atoms with Gasteiger partial charge in [0.05, 0.1) is 28.1 Å². The van der Waals surface area contributed by atoms with Gasteiger partial charge in [-0.05, 0) is 122 Å². The number of nitrogens with zero attached hydrogens (tertiary/aromatic N) is 3. The molecule has 1 aliphatic carbocycles. The second-order valence-corrected chi connectivity index (χ2v) is 15.4. The second kappa shape index (κ2) is 12.8. The predicted molar refractivity (Wildman–Crippen MR) is 237 cm³/mol. The van der Waals surface area contributed by atoms with E-state index in [-0.39, 0.29) is 0 Å². The zero-order chi connectivity index (χ0) is 39.1. The Morgan fingerprint density at radius 3 is 1.95 bits per heavy atom. The Balaban J connectivity index is 1.03. The molecule has 59 heavy (non-hydrogen) atoms. The van der Waals surface area contributed by atoms with Gasteiger partial charge in [0.15, 0.2) is 0 Å². The molecule has 4 heteroatoms. The van der Waals surface area contributed by atoms with Crippen molar-refractivity contribution in [3.63, 3.8) is 0 Å². The lowest BCUT2D eigenvalue weighted by molar-refractivity contribution is 0.436. The van der Waals surface area contributed by atoms with E-state index < -0.39 is 5.41 Å². The van der Waals surface area contributed by atoms with Gasteiger partial charge in [-0.1, -0.05) is 133 Å². The second-order valence-electron chi connectivity index (χ2n) is 15.4. The first kappa shape index (κ1) is 33.2. The van der Waals surface area contributed by atoms with Gasteiger partial charge in [-0.15, -0.1) is 0 Å². The first-order valence-electron chi connectivity index (χ1n) is 19.9. The van der Waals surface area contributed by atoms with Gasteiger partial charge in [-0.25, -0.2) is 4.98 Å². The first-order chi connectivity index (χ1) is 29.2. The summed E-state index contributed by atoms with van der Waals surface area (Å²) in [6.45, 7) is 0. The number of para-hydroxylation sites is 4. The van der Waals surface area contributed by atoms with E-state index in [4.69, 9.17) is 9.72 Å². The fourth-order valence-corrected chi connectivity index (χ4v) is 9.62. The molecule has 1 aliphatic heterocycles. The minimum Gasteiger partial charge on any atom is -0.457 e. The van der Waals surface area contributed by atoms with E-state index in [0.29, 0.717) is 5.56 Å². The molecule has 0 bridgehead atoms. The fourth-order valence-electron chi connectivity index (χ4n) is 9.62. The average molecular weight is 752 g/mol. The number of nitriles is 1. The molecule has 4 nitrogen and oxygen atoms in total. The first-order valence-corrected chi connectivity index (χ1v) is 19.9. The van der Waals surface area contributed by atoms with Crippen LogP contribution in [0.15, 0.2) is 200 Å². The summed E-state index contributed by atoms with van der Waals surface area (Å²) in [6, 6.07) is 73.3. The van der Waals surface area contributed by atoms with Crippen molar-refractivity contribution in [1.82, 2.24) is 9.55 Å². The number of imidazole rings is 1. The summed E-state index contributed by atoms with van der Waals surface area (Å²) >= 11 is 0. The topological polar surface area (TPSA) is 50.8 Å². The molecule has 0 fully saturated rings. The van der Waals surface area contributed by atoms with Crippen LogP contribution < -0.4 is 4.74 Å². The summed E-state index contributed by atoms with van der Waals surface area (Å²) in [7, 11) is 0. The van der Waals surface area contributed by atoms with E-state index in [2.05, 4.69) is 180 Å². The highest BCUT2D eigenvalue weighted by molar-refractivity contribution is 5.93. The maximum absolute atomic E-state index is 9.49. The number of hydrogen-bond acceptors (Lipinski definition) is 3. The molecule has 274 valence electrons. The number of hydrogen-bond donors (Lipinski definition) is 0. The largest absolute Gasteiger partial charge is 0.457 e.